The predicted molar refractivity (Wildman–Crippen MR) is 98.1 cm³/mol. The van der Waals surface area contributed by atoms with Crippen LogP contribution in [0, 0.1) is 0 Å². The van der Waals surface area contributed by atoms with Gasteiger partial charge >= 0.3 is 0 Å². The Morgan fingerprint density at radius 2 is 2.00 bits per heavy atom. The van der Waals surface area contributed by atoms with Crippen molar-refractivity contribution in [3.63, 3.8) is 0 Å². The summed E-state index contributed by atoms with van der Waals surface area (Å²) in [6, 6.07) is 7.41. The number of ether oxygens (including phenoxy) is 1. The van der Waals surface area contributed by atoms with Gasteiger partial charge in [-0.3, -0.25) is 9.36 Å². The van der Waals surface area contributed by atoms with Crippen molar-refractivity contribution in [3.8, 4) is 0 Å². The molecule has 1 N–H and O–H groups in total. The highest BCUT2D eigenvalue weighted by Crippen LogP contribution is 2.20. The molecular formula is C16H20ClN5O2S. The number of morpholine rings is 1. The average Bonchev–Trinajstić information content (AvgIpc) is 3.01. The molecule has 9 heteroatoms. The van der Waals surface area contributed by atoms with Crippen molar-refractivity contribution < 1.29 is 9.53 Å². The van der Waals surface area contributed by atoms with Crippen molar-refractivity contribution in [2.24, 2.45) is 7.05 Å². The van der Waals surface area contributed by atoms with E-state index in [4.69, 9.17) is 16.3 Å². The average molecular weight is 382 g/mol. The standard InChI is InChI=1S/C16H20ClN5O2S/c1-21-15(22-6-8-24-9-7-22)19-20-16(21)25-11-14(23)18-10-12-2-4-13(17)5-3-12/h2-5H,6-11H2,1H3,(H,18,23). The molecule has 0 radical (unpaired) electrons. The summed E-state index contributed by atoms with van der Waals surface area (Å²) in [5, 5.41) is 12.7. The Bertz CT molecular complexity index is 716. The molecule has 2 aromatic rings. The van der Waals surface area contributed by atoms with E-state index in [0.29, 0.717) is 30.5 Å². The largest absolute Gasteiger partial charge is 0.378 e. The molecule has 1 fully saturated rings. The molecule has 1 aliphatic rings. The third-order valence-electron chi connectivity index (χ3n) is 3.84. The van der Waals surface area contributed by atoms with Gasteiger partial charge < -0.3 is 15.0 Å². The molecule has 25 heavy (non-hydrogen) atoms. The van der Waals surface area contributed by atoms with Gasteiger partial charge in [-0.1, -0.05) is 35.5 Å². The van der Waals surface area contributed by atoms with Gasteiger partial charge in [-0.15, -0.1) is 10.2 Å². The van der Waals surface area contributed by atoms with Crippen molar-refractivity contribution in [3.05, 3.63) is 34.9 Å². The van der Waals surface area contributed by atoms with Gasteiger partial charge in [0.1, 0.15) is 0 Å². The highest BCUT2D eigenvalue weighted by atomic mass is 35.5. The van der Waals surface area contributed by atoms with E-state index in [0.717, 1.165) is 29.8 Å². The normalized spacial score (nSPS) is 14.6. The third kappa shape index (κ3) is 4.87. The van der Waals surface area contributed by atoms with Crippen LogP contribution >= 0.6 is 23.4 Å². The first-order valence-corrected chi connectivity index (χ1v) is 9.36. The zero-order valence-corrected chi connectivity index (χ0v) is 15.5. The first kappa shape index (κ1) is 18.0. The smallest absolute Gasteiger partial charge is 0.230 e. The van der Waals surface area contributed by atoms with Crippen molar-refractivity contribution in [1.29, 1.82) is 0 Å². The van der Waals surface area contributed by atoms with E-state index in [1.165, 1.54) is 11.8 Å². The Labute approximate surface area is 155 Å². The van der Waals surface area contributed by atoms with E-state index >= 15 is 0 Å². The molecule has 0 unspecified atom stereocenters. The Balaban J connectivity index is 1.48. The number of carbonyl (C=O) groups is 1. The minimum absolute atomic E-state index is 0.0455. The number of hydrogen-bond acceptors (Lipinski definition) is 6. The maximum atomic E-state index is 12.0. The maximum absolute atomic E-state index is 12.0. The quantitative estimate of drug-likeness (QED) is 0.768. The topological polar surface area (TPSA) is 72.3 Å². The first-order chi connectivity index (χ1) is 12.1. The van der Waals surface area contributed by atoms with Crippen LogP contribution in [-0.2, 0) is 23.1 Å². The number of hydrogen-bond donors (Lipinski definition) is 1. The number of thioether (sulfide) groups is 1. The number of rotatable bonds is 6. The fraction of sp³-hybridized carbons (Fsp3) is 0.438. The number of benzene rings is 1. The molecular weight excluding hydrogens is 362 g/mol. The van der Waals surface area contributed by atoms with E-state index in [1.807, 2.05) is 35.9 Å². The highest BCUT2D eigenvalue weighted by Gasteiger charge is 2.19. The monoisotopic (exact) mass is 381 g/mol. The van der Waals surface area contributed by atoms with Crippen LogP contribution in [0.2, 0.25) is 5.02 Å². The summed E-state index contributed by atoms with van der Waals surface area (Å²) in [6.45, 7) is 3.48. The number of aromatic nitrogens is 3. The van der Waals surface area contributed by atoms with Gasteiger partial charge in [0.2, 0.25) is 11.9 Å². The van der Waals surface area contributed by atoms with Crippen LogP contribution in [0.5, 0.6) is 0 Å². The Morgan fingerprint density at radius 1 is 1.28 bits per heavy atom. The molecule has 1 aliphatic heterocycles. The van der Waals surface area contributed by atoms with E-state index in [-0.39, 0.29) is 5.91 Å². The van der Waals surface area contributed by atoms with Crippen molar-refractivity contribution >= 4 is 35.2 Å². The number of amides is 1. The molecule has 134 valence electrons. The van der Waals surface area contributed by atoms with Crippen molar-refractivity contribution in [2.45, 2.75) is 11.7 Å². The lowest BCUT2D eigenvalue weighted by molar-refractivity contribution is -0.118. The summed E-state index contributed by atoms with van der Waals surface area (Å²) in [5.41, 5.74) is 1.01. The fourth-order valence-corrected chi connectivity index (χ4v) is 3.32. The van der Waals surface area contributed by atoms with Crippen LogP contribution in [-0.4, -0.2) is 52.7 Å². The van der Waals surface area contributed by atoms with E-state index in [9.17, 15) is 4.79 Å². The number of nitrogens with one attached hydrogen (secondary N) is 1. The molecule has 7 nitrogen and oxygen atoms in total. The Kier molecular flexibility index (Phi) is 6.17. The summed E-state index contributed by atoms with van der Waals surface area (Å²) in [5.74, 6) is 1.06. The second-order valence-corrected chi connectivity index (χ2v) is 7.01. The van der Waals surface area contributed by atoms with E-state index < -0.39 is 0 Å². The molecule has 0 saturated carbocycles. The summed E-state index contributed by atoms with van der Waals surface area (Å²) in [4.78, 5) is 14.2. The van der Waals surface area contributed by atoms with Gasteiger partial charge in [0, 0.05) is 31.7 Å². The molecule has 1 aromatic heterocycles. The summed E-state index contributed by atoms with van der Waals surface area (Å²) >= 11 is 7.22. The molecule has 0 aliphatic carbocycles. The predicted octanol–water partition coefficient (Wildman–Crippen LogP) is 1.71. The maximum Gasteiger partial charge on any atom is 0.230 e. The second kappa shape index (κ2) is 8.55. The number of carbonyl (C=O) groups excluding carboxylic acids is 1. The van der Waals surface area contributed by atoms with Crippen molar-refractivity contribution in [2.75, 3.05) is 37.0 Å². The lowest BCUT2D eigenvalue weighted by atomic mass is 10.2. The minimum Gasteiger partial charge on any atom is -0.378 e. The van der Waals surface area contributed by atoms with Gasteiger partial charge in [-0.05, 0) is 17.7 Å². The molecule has 1 saturated heterocycles. The van der Waals surface area contributed by atoms with Gasteiger partial charge in [0.25, 0.3) is 0 Å². The number of halogens is 1. The van der Waals surface area contributed by atoms with Gasteiger partial charge in [-0.25, -0.2) is 0 Å². The minimum atomic E-state index is -0.0455. The molecule has 3 rings (SSSR count). The SMILES string of the molecule is Cn1c(SCC(=O)NCc2ccc(Cl)cc2)nnc1N1CCOCC1. The van der Waals surface area contributed by atoms with Crippen molar-refractivity contribution in [1.82, 2.24) is 20.1 Å². The molecule has 2 heterocycles. The third-order valence-corrected chi connectivity index (χ3v) is 5.11. The number of nitrogens with zero attached hydrogens (tertiary/aromatic N) is 4. The zero-order chi connectivity index (χ0) is 17.6. The Hall–Kier alpha value is -1.77. The Morgan fingerprint density at radius 3 is 2.72 bits per heavy atom. The summed E-state index contributed by atoms with van der Waals surface area (Å²) < 4.78 is 7.27. The number of anilines is 1. The van der Waals surface area contributed by atoms with Crippen LogP contribution in [0.1, 0.15) is 5.56 Å². The first-order valence-electron chi connectivity index (χ1n) is 7.99. The van der Waals surface area contributed by atoms with Crippen LogP contribution in [0.25, 0.3) is 0 Å². The van der Waals surface area contributed by atoms with Gasteiger partial charge in [0.05, 0.1) is 19.0 Å². The van der Waals surface area contributed by atoms with E-state index in [2.05, 4.69) is 20.4 Å². The molecule has 0 bridgehead atoms. The van der Waals surface area contributed by atoms with E-state index in [1.54, 1.807) is 0 Å². The molecule has 0 spiro atoms. The van der Waals surface area contributed by atoms with Crippen LogP contribution in [0.4, 0.5) is 5.95 Å². The lowest BCUT2D eigenvalue weighted by Crippen LogP contribution is -2.37. The molecule has 0 atom stereocenters. The molecule has 1 amide bonds. The van der Waals surface area contributed by atoms with Crippen LogP contribution in [0.3, 0.4) is 0 Å². The summed E-state index contributed by atoms with van der Waals surface area (Å²) in [6.07, 6.45) is 0. The fourth-order valence-electron chi connectivity index (χ4n) is 2.46. The molecule has 1 aromatic carbocycles. The van der Waals surface area contributed by atoms with Crippen LogP contribution in [0.15, 0.2) is 29.4 Å². The van der Waals surface area contributed by atoms with Gasteiger partial charge in [0.15, 0.2) is 5.16 Å². The van der Waals surface area contributed by atoms with Gasteiger partial charge in [-0.2, -0.15) is 0 Å². The highest BCUT2D eigenvalue weighted by molar-refractivity contribution is 7.99. The second-order valence-electron chi connectivity index (χ2n) is 5.63. The lowest BCUT2D eigenvalue weighted by Gasteiger charge is -2.27. The summed E-state index contributed by atoms with van der Waals surface area (Å²) in [7, 11) is 1.92. The van der Waals surface area contributed by atoms with Crippen LogP contribution < -0.4 is 10.2 Å². The zero-order valence-electron chi connectivity index (χ0n) is 13.9.